The molecule has 66 valence electrons. The molecule has 1 aliphatic carbocycles. The zero-order valence-electron chi connectivity index (χ0n) is 6.70. The highest BCUT2D eigenvalue weighted by Gasteiger charge is 2.42. The number of hydrogen-bond donors (Lipinski definition) is 0. The summed E-state index contributed by atoms with van der Waals surface area (Å²) in [4.78, 5) is 11.1. The first-order chi connectivity index (χ1) is 5.81. The Kier molecular flexibility index (Phi) is 2.09. The van der Waals surface area contributed by atoms with Crippen LogP contribution in [0.2, 0.25) is 0 Å². The van der Waals surface area contributed by atoms with Crippen molar-refractivity contribution in [1.29, 1.82) is 0 Å². The monoisotopic (exact) mass is 186 g/mol. The molecule has 0 aromatic carbocycles. The van der Waals surface area contributed by atoms with E-state index in [4.69, 9.17) is 16.3 Å². The summed E-state index contributed by atoms with van der Waals surface area (Å²) in [6.45, 7) is 0. The Bertz CT molecular complexity index is 225. The van der Waals surface area contributed by atoms with E-state index in [9.17, 15) is 4.79 Å². The van der Waals surface area contributed by atoms with Gasteiger partial charge in [-0.25, -0.2) is 0 Å². The number of halogens is 1. The lowest BCUT2D eigenvalue weighted by Crippen LogP contribution is -2.21. The fraction of sp³-hybridized carbons (Fsp3) is 0.667. The van der Waals surface area contributed by atoms with Crippen LogP contribution in [0.1, 0.15) is 19.3 Å². The van der Waals surface area contributed by atoms with E-state index in [-0.39, 0.29) is 18.0 Å². The maximum atomic E-state index is 11.1. The lowest BCUT2D eigenvalue weighted by atomic mass is 9.82. The number of rotatable bonds is 1. The van der Waals surface area contributed by atoms with Crippen LogP contribution in [-0.4, -0.2) is 12.1 Å². The molecule has 3 heteroatoms. The molecule has 2 aliphatic rings. The van der Waals surface area contributed by atoms with E-state index in [1.54, 1.807) is 0 Å². The molecule has 1 saturated carbocycles. The van der Waals surface area contributed by atoms with E-state index in [1.807, 2.05) is 6.08 Å². The highest BCUT2D eigenvalue weighted by Crippen LogP contribution is 2.38. The Hall–Kier alpha value is -0.500. The van der Waals surface area contributed by atoms with Crippen molar-refractivity contribution in [1.82, 2.24) is 0 Å². The van der Waals surface area contributed by atoms with E-state index >= 15 is 0 Å². The van der Waals surface area contributed by atoms with Gasteiger partial charge in [0, 0.05) is 11.5 Å². The van der Waals surface area contributed by atoms with Crippen LogP contribution in [0.15, 0.2) is 11.6 Å². The van der Waals surface area contributed by atoms with E-state index < -0.39 is 0 Å². The molecule has 2 fully saturated rings. The second-order valence-corrected chi connectivity index (χ2v) is 3.72. The zero-order valence-corrected chi connectivity index (χ0v) is 7.46. The van der Waals surface area contributed by atoms with Gasteiger partial charge in [0.25, 0.3) is 0 Å². The Labute approximate surface area is 76.5 Å². The molecule has 0 radical (unpaired) electrons. The van der Waals surface area contributed by atoms with Crippen molar-refractivity contribution in [3.63, 3.8) is 0 Å². The van der Waals surface area contributed by atoms with Gasteiger partial charge in [-0.1, -0.05) is 17.7 Å². The average molecular weight is 187 g/mol. The van der Waals surface area contributed by atoms with Crippen molar-refractivity contribution >= 4 is 17.6 Å². The molecule has 1 heterocycles. The van der Waals surface area contributed by atoms with Gasteiger partial charge in [0.05, 0.1) is 5.92 Å². The third kappa shape index (κ3) is 1.24. The van der Waals surface area contributed by atoms with Gasteiger partial charge in [0.2, 0.25) is 0 Å². The zero-order chi connectivity index (χ0) is 8.55. The van der Waals surface area contributed by atoms with Crippen LogP contribution < -0.4 is 0 Å². The molecule has 12 heavy (non-hydrogen) atoms. The second-order valence-electron chi connectivity index (χ2n) is 3.47. The summed E-state index contributed by atoms with van der Waals surface area (Å²) >= 11 is 5.49. The van der Waals surface area contributed by atoms with Gasteiger partial charge in [-0.3, -0.25) is 4.79 Å². The predicted molar refractivity (Wildman–Crippen MR) is 45.7 cm³/mol. The molecule has 2 bridgehead atoms. The van der Waals surface area contributed by atoms with Gasteiger partial charge in [-0.2, -0.15) is 0 Å². The fourth-order valence-corrected chi connectivity index (χ4v) is 2.25. The molecule has 1 unspecified atom stereocenters. The van der Waals surface area contributed by atoms with Gasteiger partial charge in [0.15, 0.2) is 0 Å². The molecule has 0 N–H and O–H groups in total. The van der Waals surface area contributed by atoms with Crippen LogP contribution in [0.4, 0.5) is 0 Å². The number of ether oxygens (including phenoxy) is 1. The van der Waals surface area contributed by atoms with Crippen LogP contribution in [-0.2, 0) is 9.53 Å². The number of fused-ring (bicyclic) bond motifs is 2. The summed E-state index contributed by atoms with van der Waals surface area (Å²) < 4.78 is 5.20. The predicted octanol–water partition coefficient (Wildman–Crippen LogP) is 2.08. The Morgan fingerprint density at radius 1 is 1.50 bits per heavy atom. The molecule has 3 atom stereocenters. The molecule has 1 aliphatic heterocycles. The fourth-order valence-electron chi connectivity index (χ4n) is 2.06. The van der Waals surface area contributed by atoms with Crippen molar-refractivity contribution in [3.8, 4) is 0 Å². The summed E-state index contributed by atoms with van der Waals surface area (Å²) in [7, 11) is 0. The van der Waals surface area contributed by atoms with E-state index in [2.05, 4.69) is 0 Å². The normalized spacial score (nSPS) is 40.4. The molecule has 0 amide bonds. The summed E-state index contributed by atoms with van der Waals surface area (Å²) in [5, 5.41) is 0. The number of carbonyl (C=O) groups excluding carboxylic acids is 1. The van der Waals surface area contributed by atoms with Crippen molar-refractivity contribution in [3.05, 3.63) is 11.6 Å². The van der Waals surface area contributed by atoms with Gasteiger partial charge in [-0.15, -0.1) is 0 Å². The first-order valence-electron chi connectivity index (χ1n) is 4.28. The number of hydrogen-bond acceptors (Lipinski definition) is 2. The van der Waals surface area contributed by atoms with Crippen LogP contribution in [0.5, 0.6) is 0 Å². The Morgan fingerprint density at radius 2 is 2.33 bits per heavy atom. The average Bonchev–Trinajstić information content (AvgIpc) is 2.35. The summed E-state index contributed by atoms with van der Waals surface area (Å²) in [6.07, 6.45) is 4.92. The van der Waals surface area contributed by atoms with Gasteiger partial charge in [0.1, 0.15) is 6.10 Å². The maximum Gasteiger partial charge on any atom is 0.309 e. The van der Waals surface area contributed by atoms with Crippen LogP contribution in [0.25, 0.3) is 0 Å². The van der Waals surface area contributed by atoms with Crippen LogP contribution in [0.3, 0.4) is 0 Å². The number of esters is 1. The van der Waals surface area contributed by atoms with E-state index in [0.29, 0.717) is 5.92 Å². The lowest BCUT2D eigenvalue weighted by Gasteiger charge is -2.22. The molecule has 0 aromatic rings. The molecule has 0 aromatic heterocycles. The summed E-state index contributed by atoms with van der Waals surface area (Å²) in [5.41, 5.74) is 1.52. The highest BCUT2D eigenvalue weighted by molar-refractivity contribution is 6.25. The minimum atomic E-state index is -0.00882. The van der Waals surface area contributed by atoms with Crippen LogP contribution >= 0.6 is 11.6 Å². The number of carbonyl (C=O) groups is 1. The van der Waals surface area contributed by atoms with Crippen molar-refractivity contribution in [2.24, 2.45) is 11.8 Å². The molecular weight excluding hydrogens is 176 g/mol. The van der Waals surface area contributed by atoms with Gasteiger partial charge >= 0.3 is 5.97 Å². The van der Waals surface area contributed by atoms with Crippen molar-refractivity contribution in [2.45, 2.75) is 25.4 Å². The largest absolute Gasteiger partial charge is 0.462 e. The lowest BCUT2D eigenvalue weighted by molar-refractivity contribution is -0.144. The van der Waals surface area contributed by atoms with Crippen molar-refractivity contribution in [2.75, 3.05) is 0 Å². The smallest absolute Gasteiger partial charge is 0.309 e. The quantitative estimate of drug-likeness (QED) is 0.587. The molecule has 0 spiro atoms. The maximum absolute atomic E-state index is 11.1. The molecule has 1 saturated heterocycles. The Balaban J connectivity index is 2.09. The molecule has 2 nitrogen and oxygen atoms in total. The third-order valence-electron chi connectivity index (χ3n) is 2.76. The van der Waals surface area contributed by atoms with Gasteiger partial charge < -0.3 is 4.74 Å². The third-order valence-corrected chi connectivity index (χ3v) is 2.91. The SMILES string of the molecule is O=C1O[C@@H]2C[C@H]1CCC2/C=C/Cl. The second kappa shape index (κ2) is 3.09. The summed E-state index contributed by atoms with van der Waals surface area (Å²) in [5.74, 6) is 0.519. The highest BCUT2D eigenvalue weighted by atomic mass is 35.5. The van der Waals surface area contributed by atoms with Crippen LogP contribution in [0, 0.1) is 11.8 Å². The molecular formula is C9H11ClO2. The van der Waals surface area contributed by atoms with E-state index in [1.165, 1.54) is 5.54 Å². The molecule has 2 rings (SSSR count). The van der Waals surface area contributed by atoms with Gasteiger partial charge in [-0.05, 0) is 19.3 Å². The topological polar surface area (TPSA) is 26.3 Å². The minimum absolute atomic E-state index is 0.00882. The van der Waals surface area contributed by atoms with E-state index in [0.717, 1.165) is 19.3 Å². The minimum Gasteiger partial charge on any atom is -0.462 e. The standard InChI is InChI=1S/C9H11ClO2/c10-4-3-6-1-2-7-5-8(6)12-9(7)11/h3-4,6-8H,1-2,5H2/b4-3+/t6?,7-,8-/m1/s1. The van der Waals surface area contributed by atoms with Crippen molar-refractivity contribution < 1.29 is 9.53 Å². The summed E-state index contributed by atoms with van der Waals surface area (Å²) in [6, 6.07) is 0. The first kappa shape index (κ1) is 8.11. The first-order valence-corrected chi connectivity index (χ1v) is 4.72. The Morgan fingerprint density at radius 3 is 3.08 bits per heavy atom.